The molecule has 30 heavy (non-hydrogen) atoms. The van der Waals surface area contributed by atoms with Gasteiger partial charge in [0.05, 0.1) is 0 Å². The Morgan fingerprint density at radius 1 is 1.07 bits per heavy atom. The Balaban J connectivity index is 1.57. The van der Waals surface area contributed by atoms with E-state index in [9.17, 15) is 9.59 Å². The molecule has 4 rings (SSSR count). The van der Waals surface area contributed by atoms with Crippen molar-refractivity contribution < 1.29 is 14.0 Å². The third-order valence-electron chi connectivity index (χ3n) is 4.99. The smallest absolute Gasteiger partial charge is 0.277 e. The van der Waals surface area contributed by atoms with Crippen LogP contribution >= 0.6 is 0 Å². The summed E-state index contributed by atoms with van der Waals surface area (Å²) in [5.41, 5.74) is 3.19. The van der Waals surface area contributed by atoms with Crippen LogP contribution in [0.25, 0.3) is 11.5 Å². The molecule has 0 atom stereocenters. The minimum Gasteiger partial charge on any atom is -0.440 e. The summed E-state index contributed by atoms with van der Waals surface area (Å²) < 4.78 is 5.98. The fourth-order valence-electron chi connectivity index (χ4n) is 3.29. The molecule has 3 aromatic rings. The maximum atomic E-state index is 13.0. The number of aryl methyl sites for hydroxylation is 1. The molecule has 0 radical (unpaired) electrons. The number of carbonyl (C=O) groups excluding carboxylic acids is 2. The standard InChI is InChI=1S/C24H25N3O3/c1-14(2)25-22(28)18-11-12-19(15(3)13-18)26-23(29)20-21(16-9-10-16)30-24(27-20)17-7-5-4-6-8-17/h4-8,11-14,16H,9-10H2,1-3H3,(H,25,28)(H,26,29). The number of benzene rings is 2. The number of oxazole rings is 1. The highest BCUT2D eigenvalue weighted by atomic mass is 16.4. The van der Waals surface area contributed by atoms with Crippen LogP contribution in [0.1, 0.15) is 64.8 Å². The number of aromatic nitrogens is 1. The van der Waals surface area contributed by atoms with Gasteiger partial charge in [-0.1, -0.05) is 18.2 Å². The van der Waals surface area contributed by atoms with E-state index in [-0.39, 0.29) is 23.8 Å². The van der Waals surface area contributed by atoms with E-state index >= 15 is 0 Å². The average molecular weight is 403 g/mol. The molecular weight excluding hydrogens is 378 g/mol. The van der Waals surface area contributed by atoms with E-state index in [2.05, 4.69) is 15.6 Å². The number of nitrogens with one attached hydrogen (secondary N) is 2. The molecule has 2 amide bonds. The van der Waals surface area contributed by atoms with Crippen LogP contribution in [0.15, 0.2) is 52.9 Å². The first-order chi connectivity index (χ1) is 14.4. The second-order valence-corrected chi connectivity index (χ2v) is 7.98. The number of anilines is 1. The van der Waals surface area contributed by atoms with Crippen molar-refractivity contribution in [3.05, 3.63) is 71.1 Å². The van der Waals surface area contributed by atoms with Crippen molar-refractivity contribution in [3.8, 4) is 11.5 Å². The van der Waals surface area contributed by atoms with Gasteiger partial charge in [-0.3, -0.25) is 9.59 Å². The summed E-state index contributed by atoms with van der Waals surface area (Å²) in [5.74, 6) is 0.923. The quantitative estimate of drug-likeness (QED) is 0.612. The van der Waals surface area contributed by atoms with E-state index in [1.54, 1.807) is 18.2 Å². The normalized spacial score (nSPS) is 13.3. The molecule has 1 heterocycles. The molecule has 154 valence electrons. The van der Waals surface area contributed by atoms with Gasteiger partial charge in [-0.25, -0.2) is 4.98 Å². The lowest BCUT2D eigenvalue weighted by Gasteiger charge is -2.11. The van der Waals surface area contributed by atoms with Crippen LogP contribution in [0.5, 0.6) is 0 Å². The number of nitrogens with zero attached hydrogens (tertiary/aromatic N) is 1. The SMILES string of the molecule is Cc1cc(C(=O)NC(C)C)ccc1NC(=O)c1nc(-c2ccccc2)oc1C1CC1. The fourth-order valence-corrected chi connectivity index (χ4v) is 3.29. The Kier molecular flexibility index (Phi) is 5.40. The molecule has 1 aliphatic rings. The van der Waals surface area contributed by atoms with Crippen LogP contribution in [0, 0.1) is 6.92 Å². The molecule has 2 N–H and O–H groups in total. The molecule has 6 heteroatoms. The van der Waals surface area contributed by atoms with E-state index < -0.39 is 0 Å². The first-order valence-corrected chi connectivity index (χ1v) is 10.2. The van der Waals surface area contributed by atoms with Crippen LogP contribution in [-0.2, 0) is 0 Å². The van der Waals surface area contributed by atoms with Gasteiger partial charge >= 0.3 is 0 Å². The molecule has 1 fully saturated rings. The number of rotatable bonds is 6. The zero-order valence-corrected chi connectivity index (χ0v) is 17.4. The molecular formula is C24H25N3O3. The lowest BCUT2D eigenvalue weighted by atomic mass is 10.1. The summed E-state index contributed by atoms with van der Waals surface area (Å²) in [4.78, 5) is 29.7. The molecule has 0 aliphatic heterocycles. The molecule has 6 nitrogen and oxygen atoms in total. The van der Waals surface area contributed by atoms with Crippen molar-refractivity contribution in [1.29, 1.82) is 0 Å². The lowest BCUT2D eigenvalue weighted by Crippen LogP contribution is -2.30. The molecule has 0 saturated heterocycles. The van der Waals surface area contributed by atoms with Gasteiger partial charge in [-0.05, 0) is 69.5 Å². The van der Waals surface area contributed by atoms with Crippen LogP contribution in [0.2, 0.25) is 0 Å². The maximum Gasteiger partial charge on any atom is 0.277 e. The molecule has 1 aliphatic carbocycles. The predicted molar refractivity (Wildman–Crippen MR) is 116 cm³/mol. The van der Waals surface area contributed by atoms with Gasteiger partial charge in [-0.15, -0.1) is 0 Å². The number of hydrogen-bond donors (Lipinski definition) is 2. The Labute approximate surface area is 175 Å². The monoisotopic (exact) mass is 403 g/mol. The molecule has 0 spiro atoms. The summed E-state index contributed by atoms with van der Waals surface area (Å²) >= 11 is 0. The van der Waals surface area contributed by atoms with Crippen LogP contribution in [0.3, 0.4) is 0 Å². The Hall–Kier alpha value is -3.41. The second kappa shape index (κ2) is 8.14. The predicted octanol–water partition coefficient (Wildman–Crippen LogP) is 4.92. The molecule has 0 bridgehead atoms. The molecule has 1 saturated carbocycles. The van der Waals surface area contributed by atoms with Gasteiger partial charge in [0.25, 0.3) is 11.8 Å². The zero-order chi connectivity index (χ0) is 21.3. The van der Waals surface area contributed by atoms with Crippen LogP contribution in [0.4, 0.5) is 5.69 Å². The highest BCUT2D eigenvalue weighted by Gasteiger charge is 2.34. The highest BCUT2D eigenvalue weighted by Crippen LogP contribution is 2.43. The van der Waals surface area contributed by atoms with Gasteiger partial charge in [0.1, 0.15) is 5.76 Å². The fraction of sp³-hybridized carbons (Fsp3) is 0.292. The minimum atomic E-state index is -0.301. The first-order valence-electron chi connectivity index (χ1n) is 10.2. The van der Waals surface area contributed by atoms with E-state index in [1.165, 1.54) is 0 Å². The molecule has 2 aromatic carbocycles. The third-order valence-corrected chi connectivity index (χ3v) is 4.99. The highest BCUT2D eigenvalue weighted by molar-refractivity contribution is 6.05. The van der Waals surface area contributed by atoms with Crippen LogP contribution < -0.4 is 10.6 Å². The topological polar surface area (TPSA) is 84.2 Å². The number of hydrogen-bond acceptors (Lipinski definition) is 4. The average Bonchev–Trinajstić information content (AvgIpc) is 3.47. The van der Waals surface area contributed by atoms with Gasteiger partial charge in [0.2, 0.25) is 5.89 Å². The molecule has 1 aromatic heterocycles. The van der Waals surface area contributed by atoms with Crippen molar-refractivity contribution in [2.24, 2.45) is 0 Å². The van der Waals surface area contributed by atoms with Gasteiger partial charge in [-0.2, -0.15) is 0 Å². The van der Waals surface area contributed by atoms with E-state index in [0.29, 0.717) is 28.6 Å². The summed E-state index contributed by atoms with van der Waals surface area (Å²) in [6.45, 7) is 5.69. The van der Waals surface area contributed by atoms with Crippen molar-refractivity contribution in [2.75, 3.05) is 5.32 Å². The summed E-state index contributed by atoms with van der Waals surface area (Å²) in [6.07, 6.45) is 2.00. The number of carbonyl (C=O) groups is 2. The largest absolute Gasteiger partial charge is 0.440 e. The van der Waals surface area contributed by atoms with Crippen molar-refractivity contribution in [3.63, 3.8) is 0 Å². The minimum absolute atomic E-state index is 0.0593. The first kappa shape index (κ1) is 19.9. The third kappa shape index (κ3) is 4.27. The van der Waals surface area contributed by atoms with Gasteiger partial charge < -0.3 is 15.1 Å². The Bertz CT molecular complexity index is 1080. The van der Waals surface area contributed by atoms with E-state index in [1.807, 2.05) is 51.1 Å². The second-order valence-electron chi connectivity index (χ2n) is 7.98. The zero-order valence-electron chi connectivity index (χ0n) is 17.4. The van der Waals surface area contributed by atoms with Gasteiger partial charge in [0, 0.05) is 28.8 Å². The van der Waals surface area contributed by atoms with Gasteiger partial charge in [0.15, 0.2) is 5.69 Å². The van der Waals surface area contributed by atoms with Crippen molar-refractivity contribution >= 4 is 17.5 Å². The van der Waals surface area contributed by atoms with Crippen molar-refractivity contribution in [1.82, 2.24) is 10.3 Å². The Morgan fingerprint density at radius 3 is 2.43 bits per heavy atom. The number of amides is 2. The van der Waals surface area contributed by atoms with E-state index in [4.69, 9.17) is 4.42 Å². The van der Waals surface area contributed by atoms with Crippen molar-refractivity contribution in [2.45, 2.75) is 45.6 Å². The molecule has 0 unspecified atom stereocenters. The summed E-state index contributed by atoms with van der Waals surface area (Å²) in [7, 11) is 0. The Morgan fingerprint density at radius 2 is 1.80 bits per heavy atom. The van der Waals surface area contributed by atoms with Crippen LogP contribution in [-0.4, -0.2) is 22.8 Å². The lowest BCUT2D eigenvalue weighted by molar-refractivity contribution is 0.0942. The van der Waals surface area contributed by atoms with E-state index in [0.717, 1.165) is 24.0 Å². The summed E-state index contributed by atoms with van der Waals surface area (Å²) in [5, 5.41) is 5.80. The maximum absolute atomic E-state index is 13.0. The summed E-state index contributed by atoms with van der Waals surface area (Å²) in [6, 6.07) is 14.9.